The van der Waals surface area contributed by atoms with Crippen molar-refractivity contribution in [2.24, 2.45) is 11.1 Å². The Bertz CT molecular complexity index is 235. The first-order chi connectivity index (χ1) is 7.42. The van der Waals surface area contributed by atoms with Crippen molar-refractivity contribution >= 4 is 5.91 Å². The number of rotatable bonds is 3. The largest absolute Gasteiger partial charge is 0.340 e. The van der Waals surface area contributed by atoms with Crippen LogP contribution in [-0.4, -0.2) is 43.0 Å². The van der Waals surface area contributed by atoms with Crippen LogP contribution in [0, 0.1) is 5.41 Å². The molecule has 16 heavy (non-hydrogen) atoms. The summed E-state index contributed by atoms with van der Waals surface area (Å²) in [7, 11) is 0. The molecule has 1 aliphatic rings. The Morgan fingerprint density at radius 2 is 2.19 bits per heavy atom. The lowest BCUT2D eigenvalue weighted by atomic mass is 9.95. The molecular formula is C12H25N3O. The van der Waals surface area contributed by atoms with Gasteiger partial charge in [0.05, 0.1) is 6.54 Å². The second-order valence-electron chi connectivity index (χ2n) is 5.82. The molecule has 1 rings (SSSR count). The van der Waals surface area contributed by atoms with E-state index in [9.17, 15) is 4.79 Å². The number of nitrogens with zero attached hydrogens (tertiary/aromatic N) is 1. The molecule has 0 saturated carbocycles. The number of amides is 1. The first-order valence-electron chi connectivity index (χ1n) is 6.13. The number of nitrogens with one attached hydrogen (secondary N) is 1. The Morgan fingerprint density at radius 3 is 2.75 bits per heavy atom. The van der Waals surface area contributed by atoms with E-state index in [1.807, 2.05) is 4.90 Å². The van der Waals surface area contributed by atoms with Crippen molar-refractivity contribution in [3.05, 3.63) is 0 Å². The minimum Gasteiger partial charge on any atom is -0.340 e. The fraction of sp³-hybridized carbons (Fsp3) is 0.917. The quantitative estimate of drug-likeness (QED) is 0.741. The van der Waals surface area contributed by atoms with Gasteiger partial charge in [-0.1, -0.05) is 20.8 Å². The van der Waals surface area contributed by atoms with E-state index in [-0.39, 0.29) is 12.5 Å². The van der Waals surface area contributed by atoms with Crippen molar-refractivity contribution in [1.29, 1.82) is 0 Å². The van der Waals surface area contributed by atoms with Crippen molar-refractivity contribution in [3.8, 4) is 0 Å². The molecule has 0 spiro atoms. The summed E-state index contributed by atoms with van der Waals surface area (Å²) in [5.74, 6) is 0.0715. The molecule has 0 bridgehead atoms. The van der Waals surface area contributed by atoms with Crippen molar-refractivity contribution in [1.82, 2.24) is 10.2 Å². The van der Waals surface area contributed by atoms with E-state index in [4.69, 9.17) is 5.73 Å². The molecule has 1 saturated heterocycles. The highest BCUT2D eigenvalue weighted by molar-refractivity contribution is 5.78. The molecule has 0 aromatic rings. The summed E-state index contributed by atoms with van der Waals surface area (Å²) in [5, 5.41) is 3.54. The lowest BCUT2D eigenvalue weighted by Gasteiger charge is -2.34. The molecule has 1 heterocycles. The molecule has 0 aliphatic carbocycles. The number of hydrogen-bond acceptors (Lipinski definition) is 3. The maximum atomic E-state index is 11.5. The standard InChI is InChI=1S/C12H25N3O/c1-12(2,3)9-14-10-5-4-6-15(8-10)11(16)7-13/h10,14H,4-9,13H2,1-3H3/t10-/m1/s1. The zero-order valence-electron chi connectivity index (χ0n) is 10.8. The fourth-order valence-corrected chi connectivity index (χ4v) is 1.95. The van der Waals surface area contributed by atoms with Crippen molar-refractivity contribution in [2.45, 2.75) is 39.7 Å². The van der Waals surface area contributed by atoms with Gasteiger partial charge in [-0.3, -0.25) is 4.79 Å². The van der Waals surface area contributed by atoms with Gasteiger partial charge in [0, 0.05) is 25.7 Å². The highest BCUT2D eigenvalue weighted by Crippen LogP contribution is 2.14. The van der Waals surface area contributed by atoms with Gasteiger partial charge < -0.3 is 16.0 Å². The zero-order chi connectivity index (χ0) is 12.2. The Morgan fingerprint density at radius 1 is 1.50 bits per heavy atom. The monoisotopic (exact) mass is 227 g/mol. The lowest BCUT2D eigenvalue weighted by molar-refractivity contribution is -0.131. The van der Waals surface area contributed by atoms with Crippen LogP contribution in [0.4, 0.5) is 0 Å². The average molecular weight is 227 g/mol. The molecule has 3 N–H and O–H groups in total. The molecule has 1 amide bonds. The van der Waals surface area contributed by atoms with Gasteiger partial charge in [-0.05, 0) is 18.3 Å². The topological polar surface area (TPSA) is 58.4 Å². The molecule has 0 unspecified atom stereocenters. The van der Waals surface area contributed by atoms with Gasteiger partial charge in [0.15, 0.2) is 0 Å². The molecule has 0 radical (unpaired) electrons. The highest BCUT2D eigenvalue weighted by atomic mass is 16.2. The summed E-state index contributed by atoms with van der Waals surface area (Å²) in [5.41, 5.74) is 5.67. The van der Waals surface area contributed by atoms with Crippen LogP contribution < -0.4 is 11.1 Å². The second kappa shape index (κ2) is 5.64. The van der Waals surface area contributed by atoms with Crippen LogP contribution in [0.15, 0.2) is 0 Å². The summed E-state index contributed by atoms with van der Waals surface area (Å²) < 4.78 is 0. The summed E-state index contributed by atoms with van der Waals surface area (Å²) in [4.78, 5) is 13.4. The second-order valence-corrected chi connectivity index (χ2v) is 5.82. The van der Waals surface area contributed by atoms with E-state index in [0.29, 0.717) is 11.5 Å². The molecule has 4 nitrogen and oxygen atoms in total. The van der Waals surface area contributed by atoms with Crippen LogP contribution in [-0.2, 0) is 4.79 Å². The first kappa shape index (κ1) is 13.5. The number of piperidine rings is 1. The molecule has 0 aromatic heterocycles. The summed E-state index contributed by atoms with van der Waals surface area (Å²) >= 11 is 0. The van der Waals surface area contributed by atoms with Crippen molar-refractivity contribution in [3.63, 3.8) is 0 Å². The van der Waals surface area contributed by atoms with Gasteiger partial charge in [0.1, 0.15) is 0 Å². The minimum absolute atomic E-state index is 0.0715. The Kier molecular flexibility index (Phi) is 4.74. The van der Waals surface area contributed by atoms with E-state index in [1.54, 1.807) is 0 Å². The molecular weight excluding hydrogens is 202 g/mol. The average Bonchev–Trinajstić information content (AvgIpc) is 2.25. The van der Waals surface area contributed by atoms with Crippen LogP contribution in [0.3, 0.4) is 0 Å². The van der Waals surface area contributed by atoms with Crippen LogP contribution in [0.5, 0.6) is 0 Å². The third-order valence-corrected chi connectivity index (χ3v) is 2.87. The van der Waals surface area contributed by atoms with Crippen LogP contribution in [0.1, 0.15) is 33.6 Å². The van der Waals surface area contributed by atoms with Gasteiger partial charge in [0.25, 0.3) is 0 Å². The predicted molar refractivity (Wildman–Crippen MR) is 66.1 cm³/mol. The summed E-state index contributed by atoms with van der Waals surface area (Å²) in [6.07, 6.45) is 2.23. The molecule has 4 heteroatoms. The van der Waals surface area contributed by atoms with Crippen LogP contribution >= 0.6 is 0 Å². The normalized spacial score (nSPS) is 22.2. The SMILES string of the molecule is CC(C)(C)CN[C@@H]1CCCN(C(=O)CN)C1. The molecule has 1 fully saturated rings. The fourth-order valence-electron chi connectivity index (χ4n) is 1.95. The zero-order valence-corrected chi connectivity index (χ0v) is 10.8. The van der Waals surface area contributed by atoms with Gasteiger partial charge in [-0.2, -0.15) is 0 Å². The molecule has 0 aromatic carbocycles. The van der Waals surface area contributed by atoms with E-state index >= 15 is 0 Å². The third-order valence-electron chi connectivity index (χ3n) is 2.87. The number of hydrogen-bond donors (Lipinski definition) is 2. The van der Waals surface area contributed by atoms with Gasteiger partial charge in [-0.15, -0.1) is 0 Å². The Balaban J connectivity index is 2.36. The van der Waals surface area contributed by atoms with E-state index in [0.717, 1.165) is 32.5 Å². The van der Waals surface area contributed by atoms with Crippen molar-refractivity contribution < 1.29 is 4.79 Å². The molecule has 1 aliphatic heterocycles. The van der Waals surface area contributed by atoms with Gasteiger partial charge in [-0.25, -0.2) is 0 Å². The Hall–Kier alpha value is -0.610. The maximum Gasteiger partial charge on any atom is 0.236 e. The van der Waals surface area contributed by atoms with Crippen LogP contribution in [0.2, 0.25) is 0 Å². The van der Waals surface area contributed by atoms with Gasteiger partial charge >= 0.3 is 0 Å². The van der Waals surface area contributed by atoms with Gasteiger partial charge in [0.2, 0.25) is 5.91 Å². The Labute approximate surface area is 98.6 Å². The predicted octanol–water partition coefficient (Wildman–Crippen LogP) is 0.572. The maximum absolute atomic E-state index is 11.5. The highest BCUT2D eigenvalue weighted by Gasteiger charge is 2.23. The molecule has 1 atom stereocenters. The third kappa shape index (κ3) is 4.49. The summed E-state index contributed by atoms with van der Waals surface area (Å²) in [6, 6.07) is 0.434. The number of likely N-dealkylation sites (tertiary alicyclic amines) is 1. The number of carbonyl (C=O) groups excluding carboxylic acids is 1. The summed E-state index contributed by atoms with van der Waals surface area (Å²) in [6.45, 7) is 9.44. The van der Waals surface area contributed by atoms with E-state index < -0.39 is 0 Å². The first-order valence-corrected chi connectivity index (χ1v) is 6.13. The van der Waals surface area contributed by atoms with E-state index in [2.05, 4.69) is 26.1 Å². The smallest absolute Gasteiger partial charge is 0.236 e. The number of carbonyl (C=O) groups is 1. The van der Waals surface area contributed by atoms with Crippen LogP contribution in [0.25, 0.3) is 0 Å². The van der Waals surface area contributed by atoms with Crippen molar-refractivity contribution in [2.75, 3.05) is 26.2 Å². The number of nitrogens with two attached hydrogens (primary N) is 1. The minimum atomic E-state index is 0.0715. The lowest BCUT2D eigenvalue weighted by Crippen LogP contribution is -2.50. The molecule has 94 valence electrons. The van der Waals surface area contributed by atoms with E-state index in [1.165, 1.54) is 0 Å².